The molecule has 0 aromatic carbocycles. The molecule has 0 N–H and O–H groups in total. The third-order valence-electron chi connectivity index (χ3n) is 2.20. The lowest BCUT2D eigenvalue weighted by Crippen LogP contribution is -2.38. The molecular weight excluding hydrogens is 194 g/mol. The van der Waals surface area contributed by atoms with E-state index >= 15 is 0 Å². The van der Waals surface area contributed by atoms with E-state index in [2.05, 4.69) is 13.2 Å². The zero-order valence-electron chi connectivity index (χ0n) is 8.86. The zero-order valence-corrected chi connectivity index (χ0v) is 8.86. The van der Waals surface area contributed by atoms with E-state index in [-0.39, 0.29) is 5.91 Å². The molecule has 1 heterocycles. The van der Waals surface area contributed by atoms with Gasteiger partial charge in [-0.2, -0.15) is 0 Å². The normalized spacial score (nSPS) is 17.4. The quantitative estimate of drug-likeness (QED) is 0.397. The van der Waals surface area contributed by atoms with Crippen molar-refractivity contribution in [1.29, 1.82) is 0 Å². The summed E-state index contributed by atoms with van der Waals surface area (Å²) >= 11 is 0. The second-order valence-electron chi connectivity index (χ2n) is 3.50. The highest BCUT2D eigenvalue weighted by Crippen LogP contribution is 2.15. The number of carbonyl (C=O) groups excluding carboxylic acids is 2. The molecule has 1 atom stereocenters. The van der Waals surface area contributed by atoms with Crippen LogP contribution in [0, 0.1) is 0 Å². The summed E-state index contributed by atoms with van der Waals surface area (Å²) in [6, 6.07) is 0. The minimum atomic E-state index is -0.663. The lowest BCUT2D eigenvalue weighted by molar-refractivity contribution is -0.154. The Balaban J connectivity index is 2.63. The van der Waals surface area contributed by atoms with Crippen LogP contribution >= 0.6 is 0 Å². The van der Waals surface area contributed by atoms with Gasteiger partial charge in [0.1, 0.15) is 0 Å². The van der Waals surface area contributed by atoms with Crippen LogP contribution in [0.1, 0.15) is 19.8 Å². The smallest absolute Gasteiger partial charge is 0.335 e. The summed E-state index contributed by atoms with van der Waals surface area (Å²) in [5.74, 6) is -0.506. The fourth-order valence-corrected chi connectivity index (χ4v) is 1.39. The van der Waals surface area contributed by atoms with Gasteiger partial charge < -0.3 is 9.64 Å². The van der Waals surface area contributed by atoms with E-state index in [0.29, 0.717) is 18.5 Å². The van der Waals surface area contributed by atoms with E-state index in [1.54, 1.807) is 6.92 Å². The fraction of sp³-hybridized carbons (Fsp3) is 0.455. The van der Waals surface area contributed by atoms with E-state index in [0.717, 1.165) is 6.42 Å². The SMILES string of the molecule is C=CC(OC(=O)C(=C)C)N1CCCC1=O. The van der Waals surface area contributed by atoms with Gasteiger partial charge in [-0.15, -0.1) is 0 Å². The Kier molecular flexibility index (Phi) is 3.66. The van der Waals surface area contributed by atoms with Gasteiger partial charge in [-0.3, -0.25) is 4.79 Å². The average Bonchev–Trinajstić information content (AvgIpc) is 2.60. The van der Waals surface area contributed by atoms with Crippen molar-refractivity contribution in [2.75, 3.05) is 6.54 Å². The van der Waals surface area contributed by atoms with Crippen LogP contribution in [0.25, 0.3) is 0 Å². The molecule has 4 heteroatoms. The number of hydrogen-bond donors (Lipinski definition) is 0. The summed E-state index contributed by atoms with van der Waals surface area (Å²) in [6.45, 7) is 9.20. The second kappa shape index (κ2) is 4.77. The summed E-state index contributed by atoms with van der Waals surface area (Å²) in [5.41, 5.74) is 0.313. The molecule has 0 saturated carbocycles. The Bertz CT molecular complexity index is 309. The molecule has 0 aromatic heterocycles. The maximum atomic E-state index is 11.4. The highest BCUT2D eigenvalue weighted by Gasteiger charge is 2.28. The number of carbonyl (C=O) groups is 2. The fourth-order valence-electron chi connectivity index (χ4n) is 1.39. The van der Waals surface area contributed by atoms with Crippen molar-refractivity contribution in [3.8, 4) is 0 Å². The standard InChI is InChI=1S/C11H15NO3/c1-4-10(15-11(14)8(2)3)12-7-5-6-9(12)13/h4,10H,1-2,5-7H2,3H3. The molecule has 1 aliphatic heterocycles. The Morgan fingerprint density at radius 1 is 1.67 bits per heavy atom. The number of likely N-dealkylation sites (tertiary alicyclic amines) is 1. The van der Waals surface area contributed by atoms with Crippen LogP contribution in [-0.4, -0.2) is 29.5 Å². The van der Waals surface area contributed by atoms with E-state index in [1.165, 1.54) is 11.0 Å². The van der Waals surface area contributed by atoms with Crippen LogP contribution in [0.2, 0.25) is 0 Å². The van der Waals surface area contributed by atoms with Crippen molar-refractivity contribution in [2.24, 2.45) is 0 Å². The first-order chi connectivity index (χ1) is 7.06. The second-order valence-corrected chi connectivity index (χ2v) is 3.50. The van der Waals surface area contributed by atoms with Gasteiger partial charge in [0.05, 0.1) is 0 Å². The highest BCUT2D eigenvalue weighted by atomic mass is 16.6. The van der Waals surface area contributed by atoms with Gasteiger partial charge in [0.15, 0.2) is 6.23 Å². The summed E-state index contributed by atoms with van der Waals surface area (Å²) < 4.78 is 5.06. The zero-order chi connectivity index (χ0) is 11.4. The predicted octanol–water partition coefficient (Wildman–Crippen LogP) is 1.24. The molecule has 1 fully saturated rings. The molecule has 1 rings (SSSR count). The van der Waals surface area contributed by atoms with Crippen molar-refractivity contribution in [3.05, 3.63) is 24.8 Å². The van der Waals surface area contributed by atoms with Gasteiger partial charge in [-0.25, -0.2) is 4.79 Å². The third-order valence-corrected chi connectivity index (χ3v) is 2.20. The molecule has 82 valence electrons. The molecule has 0 aliphatic carbocycles. The van der Waals surface area contributed by atoms with E-state index in [1.807, 2.05) is 0 Å². The van der Waals surface area contributed by atoms with Crippen LogP contribution in [0.3, 0.4) is 0 Å². The molecule has 0 spiro atoms. The Morgan fingerprint density at radius 2 is 2.33 bits per heavy atom. The summed E-state index contributed by atoms with van der Waals surface area (Å²) in [6.07, 6.45) is 2.09. The minimum absolute atomic E-state index is 0.00517. The molecular formula is C11H15NO3. The van der Waals surface area contributed by atoms with E-state index in [9.17, 15) is 9.59 Å². The van der Waals surface area contributed by atoms with Crippen molar-refractivity contribution in [2.45, 2.75) is 26.0 Å². The van der Waals surface area contributed by atoms with Gasteiger partial charge in [0.25, 0.3) is 0 Å². The van der Waals surface area contributed by atoms with Gasteiger partial charge in [-0.1, -0.05) is 13.2 Å². The molecule has 1 saturated heterocycles. The lowest BCUT2D eigenvalue weighted by Gasteiger charge is -2.24. The molecule has 4 nitrogen and oxygen atoms in total. The summed E-state index contributed by atoms with van der Waals surface area (Å²) in [5, 5.41) is 0. The van der Waals surface area contributed by atoms with Gasteiger partial charge >= 0.3 is 5.97 Å². The number of ether oxygens (including phenoxy) is 1. The molecule has 1 amide bonds. The largest absolute Gasteiger partial charge is 0.434 e. The summed E-state index contributed by atoms with van der Waals surface area (Å²) in [4.78, 5) is 24.2. The number of rotatable bonds is 4. The average molecular weight is 209 g/mol. The van der Waals surface area contributed by atoms with Crippen LogP contribution < -0.4 is 0 Å². The molecule has 15 heavy (non-hydrogen) atoms. The highest BCUT2D eigenvalue weighted by molar-refractivity contribution is 5.87. The monoisotopic (exact) mass is 209 g/mol. The Labute approximate surface area is 89.2 Å². The van der Waals surface area contributed by atoms with Gasteiger partial charge in [-0.05, 0) is 19.4 Å². The number of amides is 1. The molecule has 0 radical (unpaired) electrons. The molecule has 0 bridgehead atoms. The topological polar surface area (TPSA) is 46.6 Å². The van der Waals surface area contributed by atoms with Crippen molar-refractivity contribution in [3.63, 3.8) is 0 Å². The number of esters is 1. The Morgan fingerprint density at radius 3 is 2.73 bits per heavy atom. The predicted molar refractivity (Wildman–Crippen MR) is 55.8 cm³/mol. The minimum Gasteiger partial charge on any atom is -0.434 e. The van der Waals surface area contributed by atoms with Crippen LogP contribution in [0.5, 0.6) is 0 Å². The lowest BCUT2D eigenvalue weighted by atomic mass is 10.3. The van der Waals surface area contributed by atoms with Crippen LogP contribution in [0.4, 0.5) is 0 Å². The number of hydrogen-bond acceptors (Lipinski definition) is 3. The van der Waals surface area contributed by atoms with Crippen molar-refractivity contribution >= 4 is 11.9 Å². The first-order valence-corrected chi connectivity index (χ1v) is 4.84. The van der Waals surface area contributed by atoms with Crippen LogP contribution in [-0.2, 0) is 14.3 Å². The van der Waals surface area contributed by atoms with Gasteiger partial charge in [0.2, 0.25) is 5.91 Å². The third kappa shape index (κ3) is 2.68. The molecule has 0 aromatic rings. The van der Waals surface area contributed by atoms with Crippen molar-refractivity contribution in [1.82, 2.24) is 4.90 Å². The first-order valence-electron chi connectivity index (χ1n) is 4.84. The Hall–Kier alpha value is -1.58. The van der Waals surface area contributed by atoms with E-state index < -0.39 is 12.2 Å². The maximum Gasteiger partial charge on any atom is 0.335 e. The molecule has 1 unspecified atom stereocenters. The van der Waals surface area contributed by atoms with Crippen LogP contribution in [0.15, 0.2) is 24.8 Å². The van der Waals surface area contributed by atoms with E-state index in [4.69, 9.17) is 4.74 Å². The maximum absolute atomic E-state index is 11.4. The van der Waals surface area contributed by atoms with Crippen molar-refractivity contribution < 1.29 is 14.3 Å². The molecule has 1 aliphatic rings. The summed E-state index contributed by atoms with van der Waals surface area (Å²) in [7, 11) is 0. The first kappa shape index (κ1) is 11.5. The van der Waals surface area contributed by atoms with Gasteiger partial charge in [0, 0.05) is 18.5 Å². The number of nitrogens with zero attached hydrogens (tertiary/aromatic N) is 1.